The van der Waals surface area contributed by atoms with E-state index < -0.39 is 0 Å². The summed E-state index contributed by atoms with van der Waals surface area (Å²) in [5, 5.41) is 0. The van der Waals surface area contributed by atoms with Crippen molar-refractivity contribution in [3.63, 3.8) is 0 Å². The van der Waals surface area contributed by atoms with Crippen LogP contribution in [0, 0.1) is 0 Å². The largest absolute Gasteiger partial charge is 0.369 e. The number of hydrogen-bond acceptors (Lipinski definition) is 2. The van der Waals surface area contributed by atoms with E-state index in [9.17, 15) is 0 Å². The van der Waals surface area contributed by atoms with E-state index in [0.29, 0.717) is 0 Å². The monoisotopic (exact) mass is 330 g/mol. The summed E-state index contributed by atoms with van der Waals surface area (Å²) in [5.41, 5.74) is 2.72. The third-order valence-corrected chi connectivity index (χ3v) is 4.62. The van der Waals surface area contributed by atoms with Crippen LogP contribution in [-0.2, 0) is 6.54 Å². The second kappa shape index (κ2) is 6.42. The second-order valence-electron chi connectivity index (χ2n) is 5.19. The fourth-order valence-electron chi connectivity index (χ4n) is 2.67. The molecule has 1 aliphatic heterocycles. The highest BCUT2D eigenvalue weighted by Crippen LogP contribution is 2.20. The molecule has 0 atom stereocenters. The minimum atomic E-state index is 1.03. The fourth-order valence-corrected chi connectivity index (χ4v) is 3.08. The molecule has 2 aromatic rings. The van der Waals surface area contributed by atoms with Gasteiger partial charge >= 0.3 is 0 Å². The molecule has 0 spiro atoms. The Hall–Kier alpha value is -1.32. The standard InChI is InChI=1S/C17H19BrN2/c18-17-9-5-4-6-15(17)14-19-10-12-20(13-11-19)16-7-2-1-3-8-16/h1-9H,10-14H2. The molecule has 20 heavy (non-hydrogen) atoms. The highest BCUT2D eigenvalue weighted by molar-refractivity contribution is 9.10. The predicted octanol–water partition coefficient (Wildman–Crippen LogP) is 3.77. The van der Waals surface area contributed by atoms with E-state index in [1.807, 2.05) is 0 Å². The van der Waals surface area contributed by atoms with Gasteiger partial charge in [-0.2, -0.15) is 0 Å². The quantitative estimate of drug-likeness (QED) is 0.845. The number of nitrogens with zero attached hydrogens (tertiary/aromatic N) is 2. The van der Waals surface area contributed by atoms with Gasteiger partial charge in [-0.3, -0.25) is 4.90 Å². The molecule has 2 nitrogen and oxygen atoms in total. The third-order valence-electron chi connectivity index (χ3n) is 3.85. The van der Waals surface area contributed by atoms with Crippen LogP contribution >= 0.6 is 15.9 Å². The van der Waals surface area contributed by atoms with Crippen LogP contribution in [0.15, 0.2) is 59.1 Å². The Morgan fingerprint density at radius 3 is 2.15 bits per heavy atom. The number of anilines is 1. The zero-order valence-corrected chi connectivity index (χ0v) is 13.1. The maximum Gasteiger partial charge on any atom is 0.0367 e. The van der Waals surface area contributed by atoms with Crippen LogP contribution in [0.4, 0.5) is 5.69 Å². The number of benzene rings is 2. The predicted molar refractivity (Wildman–Crippen MR) is 88.1 cm³/mol. The number of hydrogen-bond donors (Lipinski definition) is 0. The highest BCUT2D eigenvalue weighted by atomic mass is 79.9. The molecule has 2 aromatic carbocycles. The van der Waals surface area contributed by atoms with Crippen LogP contribution in [0.3, 0.4) is 0 Å². The Kier molecular flexibility index (Phi) is 4.38. The molecule has 0 radical (unpaired) electrons. The lowest BCUT2D eigenvalue weighted by atomic mass is 10.2. The number of piperazine rings is 1. The number of halogens is 1. The number of para-hydroxylation sites is 1. The van der Waals surface area contributed by atoms with Gasteiger partial charge in [-0.1, -0.05) is 52.3 Å². The molecular weight excluding hydrogens is 312 g/mol. The van der Waals surface area contributed by atoms with Crippen LogP contribution in [0.25, 0.3) is 0 Å². The van der Waals surface area contributed by atoms with E-state index >= 15 is 0 Å². The van der Waals surface area contributed by atoms with Crippen LogP contribution in [-0.4, -0.2) is 31.1 Å². The van der Waals surface area contributed by atoms with Crippen molar-refractivity contribution in [2.24, 2.45) is 0 Å². The molecule has 0 N–H and O–H groups in total. The lowest BCUT2D eigenvalue weighted by molar-refractivity contribution is 0.249. The topological polar surface area (TPSA) is 6.48 Å². The maximum absolute atomic E-state index is 3.63. The molecule has 0 bridgehead atoms. The van der Waals surface area contributed by atoms with Crippen LogP contribution in [0.1, 0.15) is 5.56 Å². The van der Waals surface area contributed by atoms with Crippen LogP contribution in [0.2, 0.25) is 0 Å². The van der Waals surface area contributed by atoms with Crippen LogP contribution < -0.4 is 4.90 Å². The average molecular weight is 331 g/mol. The molecule has 3 heteroatoms. The highest BCUT2D eigenvalue weighted by Gasteiger charge is 2.17. The van der Waals surface area contributed by atoms with Gasteiger partial charge < -0.3 is 4.90 Å². The first kappa shape index (κ1) is 13.7. The Labute approximate surface area is 129 Å². The zero-order chi connectivity index (χ0) is 13.8. The van der Waals surface area contributed by atoms with Crippen molar-refractivity contribution in [2.45, 2.75) is 6.54 Å². The van der Waals surface area contributed by atoms with Gasteiger partial charge in [0, 0.05) is 42.9 Å². The third kappa shape index (κ3) is 3.22. The van der Waals surface area contributed by atoms with Crippen molar-refractivity contribution in [2.75, 3.05) is 31.1 Å². The van der Waals surface area contributed by atoms with E-state index in [1.54, 1.807) is 0 Å². The summed E-state index contributed by atoms with van der Waals surface area (Å²) in [5.74, 6) is 0. The lowest BCUT2D eigenvalue weighted by Crippen LogP contribution is -2.45. The summed E-state index contributed by atoms with van der Waals surface area (Å²) in [7, 11) is 0. The van der Waals surface area contributed by atoms with E-state index in [2.05, 4.69) is 80.3 Å². The van der Waals surface area contributed by atoms with Crippen molar-refractivity contribution in [3.05, 3.63) is 64.6 Å². The molecule has 0 aliphatic carbocycles. The lowest BCUT2D eigenvalue weighted by Gasteiger charge is -2.36. The molecule has 1 saturated heterocycles. The molecule has 3 rings (SSSR count). The molecule has 104 valence electrons. The van der Waals surface area contributed by atoms with Gasteiger partial charge in [0.05, 0.1) is 0 Å². The van der Waals surface area contributed by atoms with E-state index in [1.165, 1.54) is 15.7 Å². The first-order chi connectivity index (χ1) is 9.83. The second-order valence-corrected chi connectivity index (χ2v) is 6.04. The molecule has 0 unspecified atom stereocenters. The summed E-state index contributed by atoms with van der Waals surface area (Å²) in [6.45, 7) is 5.49. The molecule has 1 fully saturated rings. The Bertz CT molecular complexity index is 548. The summed E-state index contributed by atoms with van der Waals surface area (Å²) >= 11 is 3.63. The summed E-state index contributed by atoms with van der Waals surface area (Å²) < 4.78 is 1.21. The normalized spacial score (nSPS) is 16.4. The molecule has 1 heterocycles. The van der Waals surface area contributed by atoms with E-state index in [-0.39, 0.29) is 0 Å². The molecular formula is C17H19BrN2. The Morgan fingerprint density at radius 1 is 0.800 bits per heavy atom. The van der Waals surface area contributed by atoms with Gasteiger partial charge in [0.25, 0.3) is 0 Å². The van der Waals surface area contributed by atoms with Crippen LogP contribution in [0.5, 0.6) is 0 Å². The minimum absolute atomic E-state index is 1.03. The maximum atomic E-state index is 3.63. The molecule has 0 aromatic heterocycles. The van der Waals surface area contributed by atoms with Crippen molar-refractivity contribution in [1.29, 1.82) is 0 Å². The zero-order valence-electron chi connectivity index (χ0n) is 11.5. The van der Waals surface area contributed by atoms with Gasteiger partial charge in [0.2, 0.25) is 0 Å². The molecule has 0 saturated carbocycles. The Morgan fingerprint density at radius 2 is 1.45 bits per heavy atom. The smallest absolute Gasteiger partial charge is 0.0367 e. The van der Waals surface area contributed by atoms with Crippen molar-refractivity contribution >= 4 is 21.6 Å². The van der Waals surface area contributed by atoms with Gasteiger partial charge in [0.15, 0.2) is 0 Å². The number of rotatable bonds is 3. The summed E-state index contributed by atoms with van der Waals surface area (Å²) in [6, 6.07) is 19.2. The summed E-state index contributed by atoms with van der Waals surface area (Å²) in [6.07, 6.45) is 0. The first-order valence-electron chi connectivity index (χ1n) is 7.09. The first-order valence-corrected chi connectivity index (χ1v) is 7.88. The van der Waals surface area contributed by atoms with Crippen molar-refractivity contribution in [1.82, 2.24) is 4.90 Å². The van der Waals surface area contributed by atoms with E-state index in [4.69, 9.17) is 0 Å². The van der Waals surface area contributed by atoms with Gasteiger partial charge in [-0.15, -0.1) is 0 Å². The van der Waals surface area contributed by atoms with E-state index in [0.717, 1.165) is 32.7 Å². The fraction of sp³-hybridized carbons (Fsp3) is 0.294. The molecule has 1 aliphatic rings. The van der Waals surface area contributed by atoms with Crippen molar-refractivity contribution < 1.29 is 0 Å². The van der Waals surface area contributed by atoms with Crippen molar-refractivity contribution in [3.8, 4) is 0 Å². The molecule has 0 amide bonds. The SMILES string of the molecule is Brc1ccccc1CN1CCN(c2ccccc2)CC1. The minimum Gasteiger partial charge on any atom is -0.369 e. The van der Waals surface area contributed by atoms with Gasteiger partial charge in [-0.25, -0.2) is 0 Å². The van der Waals surface area contributed by atoms with Gasteiger partial charge in [0.1, 0.15) is 0 Å². The summed E-state index contributed by atoms with van der Waals surface area (Å²) in [4.78, 5) is 5.00. The average Bonchev–Trinajstić information content (AvgIpc) is 2.51. The van der Waals surface area contributed by atoms with Gasteiger partial charge in [-0.05, 0) is 23.8 Å². The Balaban J connectivity index is 1.58.